The van der Waals surface area contributed by atoms with E-state index >= 15 is 0 Å². The molecule has 1 aromatic heterocycles. The van der Waals surface area contributed by atoms with Crippen molar-refractivity contribution in [3.05, 3.63) is 17.5 Å². The lowest BCUT2D eigenvalue weighted by atomic mass is 9.89. The Morgan fingerprint density at radius 1 is 1.71 bits per heavy atom. The summed E-state index contributed by atoms with van der Waals surface area (Å²) >= 11 is 0. The molecule has 2 saturated heterocycles. The van der Waals surface area contributed by atoms with E-state index in [-0.39, 0.29) is 18.2 Å². The Morgan fingerprint density at radius 2 is 2.53 bits per heavy atom. The first-order valence-corrected chi connectivity index (χ1v) is 6.15. The van der Waals surface area contributed by atoms with Crippen molar-refractivity contribution in [3.8, 4) is 0 Å². The number of rotatable bonds is 2. The molecule has 94 valence electrons. The van der Waals surface area contributed by atoms with Crippen LogP contribution in [0.25, 0.3) is 0 Å². The molecule has 3 rings (SSSR count). The van der Waals surface area contributed by atoms with E-state index in [1.54, 1.807) is 0 Å². The normalized spacial score (nSPS) is 37.6. The Bertz CT molecular complexity index is 420. The Balaban J connectivity index is 1.91. The smallest absolute Gasteiger partial charge is 0.154 e. The standard InChI is InChI=1S/C12H19N3O2/c1-8-3-11(17-14-8)10-4-9-5-13-6-12(9,7-16)15(10)2/h3,9-10,13,16H,4-7H2,1-2H3/t9-,10+,12+/m0/s1. The van der Waals surface area contributed by atoms with Gasteiger partial charge in [-0.25, -0.2) is 0 Å². The van der Waals surface area contributed by atoms with Gasteiger partial charge >= 0.3 is 0 Å². The van der Waals surface area contributed by atoms with E-state index < -0.39 is 0 Å². The number of aliphatic hydroxyl groups excluding tert-OH is 1. The second-order valence-corrected chi connectivity index (χ2v) is 5.32. The topological polar surface area (TPSA) is 61.5 Å². The van der Waals surface area contributed by atoms with Crippen LogP contribution >= 0.6 is 0 Å². The van der Waals surface area contributed by atoms with Gasteiger partial charge in [0, 0.05) is 19.2 Å². The number of aryl methyl sites for hydroxylation is 1. The third kappa shape index (κ3) is 1.46. The van der Waals surface area contributed by atoms with Crippen LogP contribution in [0.5, 0.6) is 0 Å². The third-order valence-electron chi connectivity index (χ3n) is 4.51. The van der Waals surface area contributed by atoms with Gasteiger partial charge in [0.25, 0.3) is 0 Å². The molecule has 3 heterocycles. The highest BCUT2D eigenvalue weighted by Gasteiger charge is 2.54. The van der Waals surface area contributed by atoms with Gasteiger partial charge in [0.1, 0.15) is 0 Å². The number of hydrogen-bond donors (Lipinski definition) is 2. The lowest BCUT2D eigenvalue weighted by molar-refractivity contribution is 0.0550. The quantitative estimate of drug-likeness (QED) is 0.775. The largest absolute Gasteiger partial charge is 0.394 e. The average Bonchev–Trinajstić information content (AvgIpc) is 2.96. The molecule has 0 radical (unpaired) electrons. The van der Waals surface area contributed by atoms with E-state index in [0.29, 0.717) is 5.92 Å². The van der Waals surface area contributed by atoms with Crippen molar-refractivity contribution in [2.45, 2.75) is 24.9 Å². The summed E-state index contributed by atoms with van der Waals surface area (Å²) in [5.74, 6) is 1.42. The third-order valence-corrected chi connectivity index (χ3v) is 4.51. The van der Waals surface area contributed by atoms with Crippen molar-refractivity contribution in [2.24, 2.45) is 5.92 Å². The van der Waals surface area contributed by atoms with Gasteiger partial charge in [0.05, 0.1) is 23.9 Å². The molecule has 2 N–H and O–H groups in total. The highest BCUT2D eigenvalue weighted by molar-refractivity contribution is 5.17. The fraction of sp³-hybridized carbons (Fsp3) is 0.750. The van der Waals surface area contributed by atoms with Crippen LogP contribution in [-0.2, 0) is 0 Å². The van der Waals surface area contributed by atoms with Crippen LogP contribution in [0.1, 0.15) is 23.9 Å². The first-order chi connectivity index (χ1) is 8.17. The van der Waals surface area contributed by atoms with Crippen LogP contribution in [0.15, 0.2) is 10.6 Å². The van der Waals surface area contributed by atoms with Crippen molar-refractivity contribution in [3.63, 3.8) is 0 Å². The number of hydrogen-bond acceptors (Lipinski definition) is 5. The SMILES string of the molecule is Cc1cc([C@H]2C[C@H]3CNC[C@]3(CO)N2C)on1. The summed E-state index contributed by atoms with van der Waals surface area (Å²) < 4.78 is 5.38. The van der Waals surface area contributed by atoms with E-state index in [2.05, 4.69) is 22.4 Å². The predicted octanol–water partition coefficient (Wildman–Crippen LogP) is 0.310. The summed E-state index contributed by atoms with van der Waals surface area (Å²) in [7, 11) is 2.08. The minimum absolute atomic E-state index is 0.120. The van der Waals surface area contributed by atoms with E-state index in [1.165, 1.54) is 0 Å². The maximum Gasteiger partial charge on any atom is 0.154 e. The predicted molar refractivity (Wildman–Crippen MR) is 62.5 cm³/mol. The summed E-state index contributed by atoms with van der Waals surface area (Å²) in [6.45, 7) is 3.97. The molecule has 2 fully saturated rings. The maximum atomic E-state index is 9.74. The Labute approximate surface area is 101 Å². The molecular weight excluding hydrogens is 218 g/mol. The number of aliphatic hydroxyl groups is 1. The summed E-state index contributed by atoms with van der Waals surface area (Å²) in [6.07, 6.45) is 1.03. The van der Waals surface area contributed by atoms with Crippen LogP contribution in [0.2, 0.25) is 0 Å². The molecule has 5 nitrogen and oxygen atoms in total. The van der Waals surface area contributed by atoms with Crippen LogP contribution < -0.4 is 5.32 Å². The minimum atomic E-state index is -0.120. The van der Waals surface area contributed by atoms with Gasteiger partial charge < -0.3 is 14.9 Å². The fourth-order valence-electron chi connectivity index (χ4n) is 3.39. The first-order valence-electron chi connectivity index (χ1n) is 6.15. The Morgan fingerprint density at radius 3 is 3.12 bits per heavy atom. The van der Waals surface area contributed by atoms with Gasteiger partial charge in [0.15, 0.2) is 5.76 Å². The molecule has 0 unspecified atom stereocenters. The van der Waals surface area contributed by atoms with Gasteiger partial charge in [0.2, 0.25) is 0 Å². The molecule has 0 amide bonds. The van der Waals surface area contributed by atoms with Crippen molar-refractivity contribution in [1.29, 1.82) is 0 Å². The summed E-state index contributed by atoms with van der Waals surface area (Å²) in [5.41, 5.74) is 0.798. The molecule has 2 aliphatic heterocycles. The van der Waals surface area contributed by atoms with E-state index in [1.807, 2.05) is 13.0 Å². The number of likely N-dealkylation sites (tertiary alicyclic amines) is 1. The molecule has 0 aliphatic carbocycles. The van der Waals surface area contributed by atoms with Gasteiger partial charge in [-0.05, 0) is 26.3 Å². The summed E-state index contributed by atoms with van der Waals surface area (Å²) in [6, 6.07) is 2.25. The Kier molecular flexibility index (Phi) is 2.50. The zero-order valence-electron chi connectivity index (χ0n) is 10.3. The van der Waals surface area contributed by atoms with Crippen LogP contribution in [0.4, 0.5) is 0 Å². The second-order valence-electron chi connectivity index (χ2n) is 5.32. The van der Waals surface area contributed by atoms with Gasteiger partial charge in [-0.2, -0.15) is 0 Å². The molecule has 17 heavy (non-hydrogen) atoms. The number of nitrogens with zero attached hydrogens (tertiary/aromatic N) is 2. The van der Waals surface area contributed by atoms with Crippen LogP contribution in [0, 0.1) is 12.8 Å². The molecule has 0 aromatic carbocycles. The summed E-state index contributed by atoms with van der Waals surface area (Å²) in [5, 5.41) is 17.1. The monoisotopic (exact) mass is 237 g/mol. The number of aromatic nitrogens is 1. The molecule has 5 heteroatoms. The average molecular weight is 237 g/mol. The first kappa shape index (κ1) is 11.2. The highest BCUT2D eigenvalue weighted by Crippen LogP contribution is 2.46. The van der Waals surface area contributed by atoms with Crippen molar-refractivity contribution in [1.82, 2.24) is 15.4 Å². The van der Waals surface area contributed by atoms with Crippen LogP contribution in [0.3, 0.4) is 0 Å². The number of nitrogens with one attached hydrogen (secondary N) is 1. The minimum Gasteiger partial charge on any atom is -0.394 e. The van der Waals surface area contributed by atoms with Crippen LogP contribution in [-0.4, -0.2) is 47.4 Å². The van der Waals surface area contributed by atoms with E-state index in [0.717, 1.165) is 31.0 Å². The Hall–Kier alpha value is -0.910. The fourth-order valence-corrected chi connectivity index (χ4v) is 3.39. The molecular formula is C12H19N3O2. The lowest BCUT2D eigenvalue weighted by Gasteiger charge is -2.35. The number of fused-ring (bicyclic) bond motifs is 1. The zero-order chi connectivity index (χ0) is 12.0. The lowest BCUT2D eigenvalue weighted by Crippen LogP contribution is -2.50. The van der Waals surface area contributed by atoms with Crippen molar-refractivity contribution < 1.29 is 9.63 Å². The highest BCUT2D eigenvalue weighted by atomic mass is 16.5. The zero-order valence-corrected chi connectivity index (χ0v) is 10.3. The molecule has 2 aliphatic rings. The van der Waals surface area contributed by atoms with E-state index in [4.69, 9.17) is 4.52 Å². The van der Waals surface area contributed by atoms with E-state index in [9.17, 15) is 5.11 Å². The van der Waals surface area contributed by atoms with Crippen molar-refractivity contribution >= 4 is 0 Å². The number of likely N-dealkylation sites (N-methyl/N-ethyl adjacent to an activating group) is 1. The van der Waals surface area contributed by atoms with Gasteiger partial charge in [-0.15, -0.1) is 0 Å². The molecule has 1 aromatic rings. The second kappa shape index (κ2) is 3.80. The van der Waals surface area contributed by atoms with Gasteiger partial charge in [-0.3, -0.25) is 4.90 Å². The van der Waals surface area contributed by atoms with Gasteiger partial charge in [-0.1, -0.05) is 5.16 Å². The maximum absolute atomic E-state index is 9.74. The molecule has 0 saturated carbocycles. The molecule has 0 bridgehead atoms. The summed E-state index contributed by atoms with van der Waals surface area (Å²) in [4.78, 5) is 2.26. The van der Waals surface area contributed by atoms with Crippen molar-refractivity contribution in [2.75, 3.05) is 26.7 Å². The molecule has 3 atom stereocenters. The molecule has 0 spiro atoms.